The first-order valence-corrected chi connectivity index (χ1v) is 5.48. The van der Waals surface area contributed by atoms with Crippen molar-refractivity contribution in [2.75, 3.05) is 6.61 Å². The molecule has 0 aromatic heterocycles. The van der Waals surface area contributed by atoms with Crippen LogP contribution in [0.25, 0.3) is 0 Å². The van der Waals surface area contributed by atoms with Crippen LogP contribution in [0.2, 0.25) is 0 Å². The van der Waals surface area contributed by atoms with E-state index in [1.54, 1.807) is 0 Å². The van der Waals surface area contributed by atoms with Gasteiger partial charge in [-0.15, -0.1) is 0 Å². The maximum atomic E-state index is 11.7. The van der Waals surface area contributed by atoms with Crippen LogP contribution in [0.5, 0.6) is 0 Å². The van der Waals surface area contributed by atoms with Crippen LogP contribution >= 0.6 is 0 Å². The predicted molar refractivity (Wildman–Crippen MR) is 60.0 cm³/mol. The van der Waals surface area contributed by atoms with Gasteiger partial charge in [-0.25, -0.2) is 5.48 Å². The summed E-state index contributed by atoms with van der Waals surface area (Å²) in [5, 5.41) is 0. The first-order chi connectivity index (χ1) is 6.91. The summed E-state index contributed by atoms with van der Waals surface area (Å²) in [5.74, 6) is 0.409. The van der Waals surface area contributed by atoms with Crippen molar-refractivity contribution >= 4 is 5.91 Å². The summed E-state index contributed by atoms with van der Waals surface area (Å²) in [6.07, 6.45) is 2.18. The van der Waals surface area contributed by atoms with Crippen molar-refractivity contribution in [3.8, 4) is 0 Å². The minimum absolute atomic E-state index is 0.00403. The zero-order valence-corrected chi connectivity index (χ0v) is 10.3. The topological polar surface area (TPSA) is 38.3 Å². The van der Waals surface area contributed by atoms with Gasteiger partial charge in [-0.1, -0.05) is 25.5 Å². The van der Waals surface area contributed by atoms with Gasteiger partial charge < -0.3 is 0 Å². The number of hydrogen-bond acceptors (Lipinski definition) is 2. The van der Waals surface area contributed by atoms with Crippen molar-refractivity contribution in [1.29, 1.82) is 0 Å². The zero-order chi connectivity index (χ0) is 11.6. The largest absolute Gasteiger partial charge is 0.274 e. The first kappa shape index (κ1) is 12.2. The fourth-order valence-electron chi connectivity index (χ4n) is 2.06. The molecule has 3 nitrogen and oxygen atoms in total. The van der Waals surface area contributed by atoms with Crippen LogP contribution in [0, 0.1) is 17.3 Å². The molecule has 86 valence electrons. The van der Waals surface area contributed by atoms with E-state index < -0.39 is 0 Å². The van der Waals surface area contributed by atoms with Gasteiger partial charge in [0.1, 0.15) is 0 Å². The highest BCUT2D eigenvalue weighted by molar-refractivity contribution is 5.82. The SMILES string of the molecule is CCONC(=O)[C@@H]1[C@@H](C=C(C)C)C1(C)C. The molecule has 0 aromatic carbocycles. The molecule has 2 atom stereocenters. The number of hydroxylamine groups is 1. The number of carbonyl (C=O) groups excluding carboxylic acids is 1. The highest BCUT2D eigenvalue weighted by atomic mass is 16.6. The maximum Gasteiger partial charge on any atom is 0.247 e. The van der Waals surface area contributed by atoms with E-state index in [9.17, 15) is 4.79 Å². The van der Waals surface area contributed by atoms with Gasteiger partial charge >= 0.3 is 0 Å². The van der Waals surface area contributed by atoms with Crippen LogP contribution in [0.1, 0.15) is 34.6 Å². The third-order valence-corrected chi connectivity index (χ3v) is 3.02. The molecule has 1 fully saturated rings. The average Bonchev–Trinajstić information content (AvgIpc) is 2.63. The Balaban J connectivity index is 2.58. The van der Waals surface area contributed by atoms with E-state index in [0.29, 0.717) is 12.5 Å². The molecule has 1 N–H and O–H groups in total. The number of hydrogen-bond donors (Lipinski definition) is 1. The van der Waals surface area contributed by atoms with Gasteiger partial charge in [0.25, 0.3) is 0 Å². The number of carbonyl (C=O) groups is 1. The lowest BCUT2D eigenvalue weighted by Crippen LogP contribution is -2.26. The van der Waals surface area contributed by atoms with Crippen molar-refractivity contribution in [3.63, 3.8) is 0 Å². The van der Waals surface area contributed by atoms with Gasteiger partial charge in [0.05, 0.1) is 12.5 Å². The van der Waals surface area contributed by atoms with E-state index in [1.165, 1.54) is 5.57 Å². The Labute approximate surface area is 91.8 Å². The molecule has 0 aliphatic heterocycles. The lowest BCUT2D eigenvalue weighted by Gasteiger charge is -2.03. The summed E-state index contributed by atoms with van der Waals surface area (Å²) >= 11 is 0. The highest BCUT2D eigenvalue weighted by Gasteiger charge is 2.60. The Hall–Kier alpha value is -0.830. The monoisotopic (exact) mass is 211 g/mol. The molecule has 1 amide bonds. The van der Waals surface area contributed by atoms with Crippen LogP contribution in [-0.2, 0) is 9.63 Å². The standard InChI is InChI=1S/C12H21NO2/c1-6-15-13-11(14)10-9(7-8(2)3)12(10,4)5/h7,9-10H,6H2,1-5H3,(H,13,14)/t9-,10+/m1/s1. The summed E-state index contributed by atoms with van der Waals surface area (Å²) in [4.78, 5) is 16.6. The van der Waals surface area contributed by atoms with Gasteiger partial charge in [0.2, 0.25) is 5.91 Å². The first-order valence-electron chi connectivity index (χ1n) is 5.48. The Morgan fingerprint density at radius 3 is 2.53 bits per heavy atom. The van der Waals surface area contributed by atoms with E-state index in [4.69, 9.17) is 4.84 Å². The van der Waals surface area contributed by atoms with E-state index >= 15 is 0 Å². The molecule has 0 radical (unpaired) electrons. The second kappa shape index (κ2) is 4.35. The zero-order valence-electron chi connectivity index (χ0n) is 10.3. The molecule has 15 heavy (non-hydrogen) atoms. The van der Waals surface area contributed by atoms with Crippen LogP contribution in [-0.4, -0.2) is 12.5 Å². The fourth-order valence-corrected chi connectivity index (χ4v) is 2.06. The number of rotatable bonds is 4. The molecule has 0 bridgehead atoms. The predicted octanol–water partition coefficient (Wildman–Crippen LogP) is 2.29. The van der Waals surface area contributed by atoms with Gasteiger partial charge in [-0.3, -0.25) is 9.63 Å². The molecule has 1 aliphatic rings. The van der Waals surface area contributed by atoms with E-state index in [-0.39, 0.29) is 17.2 Å². The van der Waals surface area contributed by atoms with Crippen molar-refractivity contribution in [1.82, 2.24) is 5.48 Å². The summed E-state index contributed by atoms with van der Waals surface area (Å²) in [6, 6.07) is 0. The van der Waals surface area contributed by atoms with Gasteiger partial charge in [0.15, 0.2) is 0 Å². The van der Waals surface area contributed by atoms with E-state index in [1.807, 2.05) is 6.92 Å². The Morgan fingerprint density at radius 1 is 1.47 bits per heavy atom. The lowest BCUT2D eigenvalue weighted by atomic mass is 10.1. The minimum atomic E-state index is 0.00403. The van der Waals surface area contributed by atoms with Gasteiger partial charge in [0, 0.05) is 0 Å². The van der Waals surface area contributed by atoms with Crippen LogP contribution in [0.4, 0.5) is 0 Å². The molecule has 0 saturated heterocycles. The molecule has 1 aliphatic carbocycles. The molecule has 0 aromatic rings. The van der Waals surface area contributed by atoms with Crippen molar-refractivity contribution in [2.24, 2.45) is 17.3 Å². The average molecular weight is 211 g/mol. The van der Waals surface area contributed by atoms with Crippen molar-refractivity contribution in [3.05, 3.63) is 11.6 Å². The second-order valence-electron chi connectivity index (χ2n) is 4.97. The Bertz CT molecular complexity index is 277. The summed E-state index contributed by atoms with van der Waals surface area (Å²) in [7, 11) is 0. The van der Waals surface area contributed by atoms with Gasteiger partial charge in [-0.05, 0) is 32.1 Å². The van der Waals surface area contributed by atoms with Crippen molar-refractivity contribution < 1.29 is 9.63 Å². The number of nitrogens with one attached hydrogen (secondary N) is 1. The molecular weight excluding hydrogens is 190 g/mol. The molecule has 0 unspecified atom stereocenters. The number of allylic oxidation sites excluding steroid dienone is 2. The van der Waals surface area contributed by atoms with Gasteiger partial charge in [-0.2, -0.15) is 0 Å². The Morgan fingerprint density at radius 2 is 2.07 bits per heavy atom. The fraction of sp³-hybridized carbons (Fsp3) is 0.750. The van der Waals surface area contributed by atoms with Crippen molar-refractivity contribution in [2.45, 2.75) is 34.6 Å². The quantitative estimate of drug-likeness (QED) is 0.572. The van der Waals surface area contributed by atoms with Crippen LogP contribution < -0.4 is 5.48 Å². The lowest BCUT2D eigenvalue weighted by molar-refractivity contribution is -0.135. The molecule has 1 saturated carbocycles. The normalized spacial score (nSPS) is 27.0. The molecule has 3 heteroatoms. The second-order valence-corrected chi connectivity index (χ2v) is 4.97. The Kier molecular flexibility index (Phi) is 3.55. The summed E-state index contributed by atoms with van der Waals surface area (Å²) in [6.45, 7) is 10.7. The molecule has 0 heterocycles. The third kappa shape index (κ3) is 2.59. The summed E-state index contributed by atoms with van der Waals surface area (Å²) in [5.41, 5.74) is 3.82. The smallest absolute Gasteiger partial charge is 0.247 e. The molecule has 1 rings (SSSR count). The third-order valence-electron chi connectivity index (χ3n) is 3.02. The molecular formula is C12H21NO2. The molecule has 0 spiro atoms. The maximum absolute atomic E-state index is 11.7. The number of amides is 1. The summed E-state index contributed by atoms with van der Waals surface area (Å²) < 4.78 is 0. The minimum Gasteiger partial charge on any atom is -0.274 e. The van der Waals surface area contributed by atoms with E-state index in [0.717, 1.165) is 0 Å². The highest BCUT2D eigenvalue weighted by Crippen LogP contribution is 2.59. The van der Waals surface area contributed by atoms with E-state index in [2.05, 4.69) is 39.3 Å². The van der Waals surface area contributed by atoms with Crippen LogP contribution in [0.3, 0.4) is 0 Å². The van der Waals surface area contributed by atoms with Crippen LogP contribution in [0.15, 0.2) is 11.6 Å².